The van der Waals surface area contributed by atoms with Crippen LogP contribution in [0.3, 0.4) is 0 Å². The minimum Gasteiger partial charge on any atom is -0.345 e. The third-order valence-electron chi connectivity index (χ3n) is 4.90. The van der Waals surface area contributed by atoms with Crippen LogP contribution < -0.4 is 10.6 Å². The molecule has 3 aromatic rings. The summed E-state index contributed by atoms with van der Waals surface area (Å²) in [7, 11) is 0. The molecule has 0 unspecified atom stereocenters. The Morgan fingerprint density at radius 2 is 1.71 bits per heavy atom. The van der Waals surface area contributed by atoms with Gasteiger partial charge < -0.3 is 15.2 Å². The van der Waals surface area contributed by atoms with E-state index in [0.29, 0.717) is 17.3 Å². The first-order valence-electron chi connectivity index (χ1n) is 9.35. The van der Waals surface area contributed by atoms with Crippen LogP contribution in [0.15, 0.2) is 48.7 Å². The van der Waals surface area contributed by atoms with Crippen LogP contribution in [0.4, 0.5) is 10.5 Å². The van der Waals surface area contributed by atoms with Crippen molar-refractivity contribution in [2.45, 2.75) is 40.8 Å². The molecule has 1 heterocycles. The standard InChI is InChI=1S/C23H26ClN3O/c1-15-7-8-22(21(24)12-15)26-23(28)25-13-19-6-5-9-27(19)14-20-17(3)10-16(2)11-18(20)4/h5-12H,13-14H2,1-4H3,(H2,25,26,28). The van der Waals surface area contributed by atoms with Gasteiger partial charge in [0.25, 0.3) is 0 Å². The Balaban J connectivity index is 1.65. The third-order valence-corrected chi connectivity index (χ3v) is 5.21. The van der Waals surface area contributed by atoms with Crippen molar-refractivity contribution >= 4 is 23.3 Å². The fourth-order valence-electron chi connectivity index (χ4n) is 3.45. The molecule has 28 heavy (non-hydrogen) atoms. The largest absolute Gasteiger partial charge is 0.345 e. The van der Waals surface area contributed by atoms with Gasteiger partial charge in [-0.15, -0.1) is 0 Å². The van der Waals surface area contributed by atoms with E-state index >= 15 is 0 Å². The highest BCUT2D eigenvalue weighted by molar-refractivity contribution is 6.33. The molecule has 0 aliphatic rings. The maximum absolute atomic E-state index is 12.3. The summed E-state index contributed by atoms with van der Waals surface area (Å²) in [5, 5.41) is 6.24. The minimum absolute atomic E-state index is 0.277. The lowest BCUT2D eigenvalue weighted by molar-refractivity contribution is 0.251. The fourth-order valence-corrected chi connectivity index (χ4v) is 3.74. The lowest BCUT2D eigenvalue weighted by Gasteiger charge is -2.15. The van der Waals surface area contributed by atoms with Gasteiger partial charge in [0.1, 0.15) is 0 Å². The number of hydrogen-bond donors (Lipinski definition) is 2. The van der Waals surface area contributed by atoms with Gasteiger partial charge in [-0.05, 0) is 74.2 Å². The second-order valence-electron chi connectivity index (χ2n) is 7.30. The van der Waals surface area contributed by atoms with E-state index in [0.717, 1.165) is 17.8 Å². The van der Waals surface area contributed by atoms with Crippen molar-refractivity contribution in [3.63, 3.8) is 0 Å². The second kappa shape index (κ2) is 8.53. The Morgan fingerprint density at radius 3 is 2.39 bits per heavy atom. The van der Waals surface area contributed by atoms with Gasteiger partial charge in [0, 0.05) is 18.4 Å². The van der Waals surface area contributed by atoms with Crippen molar-refractivity contribution < 1.29 is 4.79 Å². The van der Waals surface area contributed by atoms with E-state index in [9.17, 15) is 4.79 Å². The molecule has 0 atom stereocenters. The first-order chi connectivity index (χ1) is 13.3. The number of rotatable bonds is 5. The number of carbonyl (C=O) groups excluding carboxylic acids is 1. The summed E-state index contributed by atoms with van der Waals surface area (Å²) in [5.41, 5.74) is 7.87. The molecule has 1 aromatic heterocycles. The predicted octanol–water partition coefficient (Wildman–Crippen LogP) is 5.75. The Hall–Kier alpha value is -2.72. The van der Waals surface area contributed by atoms with Gasteiger partial charge in [-0.25, -0.2) is 4.79 Å². The molecule has 0 radical (unpaired) electrons. The summed E-state index contributed by atoms with van der Waals surface area (Å²) in [6.45, 7) is 9.60. The van der Waals surface area contributed by atoms with Gasteiger partial charge in [0.05, 0.1) is 17.3 Å². The highest BCUT2D eigenvalue weighted by Crippen LogP contribution is 2.22. The van der Waals surface area contributed by atoms with Gasteiger partial charge in [0.15, 0.2) is 0 Å². The molecule has 3 rings (SSSR count). The Kier molecular flexibility index (Phi) is 6.10. The molecule has 2 aromatic carbocycles. The average Bonchev–Trinajstić information content (AvgIpc) is 3.06. The molecule has 0 bridgehead atoms. The van der Waals surface area contributed by atoms with Crippen molar-refractivity contribution in [2.75, 3.05) is 5.32 Å². The number of benzene rings is 2. The minimum atomic E-state index is -0.277. The van der Waals surface area contributed by atoms with Gasteiger partial charge in [-0.1, -0.05) is 35.4 Å². The summed E-state index contributed by atoms with van der Waals surface area (Å²) in [6, 6.07) is 13.7. The number of anilines is 1. The number of amides is 2. The van der Waals surface area contributed by atoms with Crippen molar-refractivity contribution in [2.24, 2.45) is 0 Å². The third kappa shape index (κ3) is 4.76. The van der Waals surface area contributed by atoms with Crippen LogP contribution in [0.25, 0.3) is 0 Å². The topological polar surface area (TPSA) is 46.1 Å². The highest BCUT2D eigenvalue weighted by atomic mass is 35.5. The first kappa shape index (κ1) is 20.0. The molecular weight excluding hydrogens is 370 g/mol. The number of urea groups is 1. The van der Waals surface area contributed by atoms with Crippen LogP contribution in [-0.4, -0.2) is 10.6 Å². The number of aryl methyl sites for hydroxylation is 4. The van der Waals surface area contributed by atoms with E-state index in [1.807, 2.05) is 43.5 Å². The molecule has 2 N–H and O–H groups in total. The number of hydrogen-bond acceptors (Lipinski definition) is 1. The molecule has 0 spiro atoms. The van der Waals surface area contributed by atoms with Crippen LogP contribution in [0.5, 0.6) is 0 Å². The van der Waals surface area contributed by atoms with Crippen molar-refractivity contribution in [1.29, 1.82) is 0 Å². The molecule has 0 aliphatic carbocycles. The maximum Gasteiger partial charge on any atom is 0.319 e. The Bertz CT molecular complexity index is 984. The molecule has 0 saturated carbocycles. The summed E-state index contributed by atoms with van der Waals surface area (Å²) in [5.74, 6) is 0. The highest BCUT2D eigenvalue weighted by Gasteiger charge is 2.10. The average molecular weight is 396 g/mol. The smallest absolute Gasteiger partial charge is 0.319 e. The Labute approximate surface area is 171 Å². The van der Waals surface area contributed by atoms with E-state index in [2.05, 4.69) is 48.1 Å². The van der Waals surface area contributed by atoms with E-state index in [1.165, 1.54) is 22.3 Å². The lowest BCUT2D eigenvalue weighted by atomic mass is 10.00. The van der Waals surface area contributed by atoms with Crippen LogP contribution in [-0.2, 0) is 13.1 Å². The molecule has 2 amide bonds. The molecule has 146 valence electrons. The van der Waals surface area contributed by atoms with Crippen LogP contribution >= 0.6 is 11.6 Å². The van der Waals surface area contributed by atoms with Crippen molar-refractivity contribution in [1.82, 2.24) is 9.88 Å². The van der Waals surface area contributed by atoms with E-state index in [4.69, 9.17) is 11.6 Å². The van der Waals surface area contributed by atoms with Gasteiger partial charge in [-0.2, -0.15) is 0 Å². The lowest BCUT2D eigenvalue weighted by Crippen LogP contribution is -2.29. The number of carbonyl (C=O) groups is 1. The number of aromatic nitrogens is 1. The van der Waals surface area contributed by atoms with Crippen LogP contribution in [0.1, 0.15) is 33.5 Å². The van der Waals surface area contributed by atoms with Crippen molar-refractivity contribution in [3.8, 4) is 0 Å². The molecule has 5 heteroatoms. The number of nitrogens with zero attached hydrogens (tertiary/aromatic N) is 1. The first-order valence-corrected chi connectivity index (χ1v) is 9.73. The van der Waals surface area contributed by atoms with Crippen LogP contribution in [0.2, 0.25) is 5.02 Å². The molecule has 0 saturated heterocycles. The normalized spacial score (nSPS) is 10.8. The molecule has 0 aliphatic heterocycles. The van der Waals surface area contributed by atoms with E-state index in [-0.39, 0.29) is 6.03 Å². The number of nitrogens with one attached hydrogen (secondary N) is 2. The van der Waals surface area contributed by atoms with E-state index < -0.39 is 0 Å². The zero-order valence-corrected chi connectivity index (χ0v) is 17.5. The zero-order valence-electron chi connectivity index (χ0n) is 16.8. The molecule has 4 nitrogen and oxygen atoms in total. The predicted molar refractivity (Wildman–Crippen MR) is 116 cm³/mol. The van der Waals surface area contributed by atoms with Crippen LogP contribution in [0, 0.1) is 27.7 Å². The monoisotopic (exact) mass is 395 g/mol. The summed E-state index contributed by atoms with van der Waals surface area (Å²) in [6.07, 6.45) is 2.05. The fraction of sp³-hybridized carbons (Fsp3) is 0.261. The van der Waals surface area contributed by atoms with Gasteiger partial charge in [-0.3, -0.25) is 0 Å². The summed E-state index contributed by atoms with van der Waals surface area (Å²) in [4.78, 5) is 12.3. The van der Waals surface area contributed by atoms with Gasteiger partial charge in [0.2, 0.25) is 0 Å². The maximum atomic E-state index is 12.3. The SMILES string of the molecule is Cc1cc(C)c(Cn2cccc2CNC(=O)Nc2ccc(C)cc2Cl)c(C)c1. The molecule has 0 fully saturated rings. The van der Waals surface area contributed by atoms with Gasteiger partial charge >= 0.3 is 6.03 Å². The van der Waals surface area contributed by atoms with Crippen molar-refractivity contribution in [3.05, 3.63) is 87.2 Å². The second-order valence-corrected chi connectivity index (χ2v) is 7.70. The molecular formula is C23H26ClN3O. The summed E-state index contributed by atoms with van der Waals surface area (Å²) >= 11 is 6.18. The Morgan fingerprint density at radius 1 is 1.00 bits per heavy atom. The summed E-state index contributed by atoms with van der Waals surface area (Å²) < 4.78 is 2.17. The quantitative estimate of drug-likeness (QED) is 0.568. The van der Waals surface area contributed by atoms with E-state index in [1.54, 1.807) is 0 Å². The number of halogens is 1. The zero-order chi connectivity index (χ0) is 20.3.